The summed E-state index contributed by atoms with van der Waals surface area (Å²) in [7, 11) is 0. The maximum Gasteiger partial charge on any atom is 0.229 e. The van der Waals surface area contributed by atoms with Gasteiger partial charge in [-0.05, 0) is 50.5 Å². The Balaban J connectivity index is 1.34. The fraction of sp³-hybridized carbons (Fsp3) is 0.450. The summed E-state index contributed by atoms with van der Waals surface area (Å²) in [5.41, 5.74) is 0.903. The first kappa shape index (κ1) is 20.6. The number of aromatic nitrogens is 1. The highest BCUT2D eigenvalue weighted by molar-refractivity contribution is 7.13. The van der Waals surface area contributed by atoms with Crippen molar-refractivity contribution in [2.24, 2.45) is 5.92 Å². The monoisotopic (exact) mass is 421 g/mol. The van der Waals surface area contributed by atoms with Crippen molar-refractivity contribution in [3.63, 3.8) is 0 Å². The minimum absolute atomic E-state index is 0.00202. The maximum absolute atomic E-state index is 12.4. The second-order valence-electron chi connectivity index (χ2n) is 6.84. The Kier molecular flexibility index (Phi) is 7.28. The van der Waals surface area contributed by atoms with E-state index in [9.17, 15) is 9.59 Å². The predicted octanol–water partition coefficient (Wildman–Crippen LogP) is 4.14. The number of aryl methyl sites for hydroxylation is 1. The number of carbonyl (C=O) groups excluding carboxylic acids is 2. The van der Waals surface area contributed by atoms with Gasteiger partial charge < -0.3 is 15.0 Å². The topological polar surface area (TPSA) is 71.5 Å². The summed E-state index contributed by atoms with van der Waals surface area (Å²) in [6.45, 7) is 3.62. The molecular formula is C20H24ClN3O3S. The molecule has 1 saturated heterocycles. The van der Waals surface area contributed by atoms with Crippen LogP contribution in [0.4, 0.5) is 5.13 Å². The van der Waals surface area contributed by atoms with E-state index >= 15 is 0 Å². The van der Waals surface area contributed by atoms with Crippen molar-refractivity contribution >= 4 is 39.9 Å². The lowest BCUT2D eigenvalue weighted by molar-refractivity contribution is -0.134. The third-order valence-corrected chi connectivity index (χ3v) is 5.81. The number of rotatable bonds is 7. The predicted molar refractivity (Wildman–Crippen MR) is 111 cm³/mol. The normalized spacial score (nSPS) is 14.7. The largest absolute Gasteiger partial charge is 0.494 e. The van der Waals surface area contributed by atoms with Gasteiger partial charge in [0.25, 0.3) is 0 Å². The Morgan fingerprint density at radius 3 is 2.64 bits per heavy atom. The van der Waals surface area contributed by atoms with E-state index in [4.69, 9.17) is 16.3 Å². The minimum Gasteiger partial charge on any atom is -0.494 e. The summed E-state index contributed by atoms with van der Waals surface area (Å²) in [6.07, 6.45) is 2.47. The van der Waals surface area contributed by atoms with E-state index in [2.05, 4.69) is 10.3 Å². The number of halogens is 1. The molecule has 2 aromatic rings. The van der Waals surface area contributed by atoms with Crippen LogP contribution in [0.2, 0.25) is 5.02 Å². The number of ether oxygens (including phenoxy) is 1. The lowest BCUT2D eigenvalue weighted by atomic mass is 9.95. The average Bonchev–Trinajstić information content (AvgIpc) is 3.11. The van der Waals surface area contributed by atoms with Crippen molar-refractivity contribution < 1.29 is 14.3 Å². The molecule has 0 aliphatic carbocycles. The van der Waals surface area contributed by atoms with Crippen LogP contribution in [0.5, 0.6) is 5.75 Å². The molecule has 0 radical (unpaired) electrons. The molecule has 0 saturated carbocycles. The van der Waals surface area contributed by atoms with Gasteiger partial charge >= 0.3 is 0 Å². The van der Waals surface area contributed by atoms with E-state index in [1.54, 1.807) is 12.1 Å². The second kappa shape index (κ2) is 9.89. The van der Waals surface area contributed by atoms with Crippen LogP contribution in [0.25, 0.3) is 0 Å². The van der Waals surface area contributed by atoms with E-state index in [0.29, 0.717) is 55.5 Å². The Bertz CT molecular complexity index is 801. The molecule has 0 bridgehead atoms. The van der Waals surface area contributed by atoms with Crippen molar-refractivity contribution in [1.29, 1.82) is 0 Å². The van der Waals surface area contributed by atoms with Gasteiger partial charge in [0.05, 0.1) is 12.3 Å². The minimum atomic E-state index is -0.0681. The van der Waals surface area contributed by atoms with Crippen LogP contribution in [0.15, 0.2) is 29.6 Å². The van der Waals surface area contributed by atoms with Gasteiger partial charge in [-0.1, -0.05) is 11.6 Å². The smallest absolute Gasteiger partial charge is 0.229 e. The molecule has 150 valence electrons. The van der Waals surface area contributed by atoms with Gasteiger partial charge in [-0.15, -0.1) is 11.3 Å². The number of likely N-dealkylation sites (tertiary alicyclic amines) is 1. The van der Waals surface area contributed by atoms with Gasteiger partial charge in [0, 0.05) is 35.8 Å². The van der Waals surface area contributed by atoms with E-state index < -0.39 is 0 Å². The molecule has 2 amide bonds. The summed E-state index contributed by atoms with van der Waals surface area (Å²) >= 11 is 7.27. The zero-order valence-corrected chi connectivity index (χ0v) is 17.4. The molecule has 6 nitrogen and oxygen atoms in total. The standard InChI is InChI=1S/C20H24ClN3O3S/c1-14-13-28-20(22-14)23-19(26)15-8-10-24(11-9-15)18(25)3-2-12-27-17-6-4-16(21)5-7-17/h4-7,13,15H,2-3,8-12H2,1H3,(H,22,23,26). The fourth-order valence-corrected chi connectivity index (χ4v) is 3.93. The molecule has 0 spiro atoms. The SMILES string of the molecule is Cc1csc(NC(=O)C2CCN(C(=O)CCCOc3ccc(Cl)cc3)CC2)n1. The third kappa shape index (κ3) is 5.94. The van der Waals surface area contributed by atoms with Crippen LogP contribution < -0.4 is 10.1 Å². The molecule has 0 atom stereocenters. The van der Waals surface area contributed by atoms with Crippen molar-refractivity contribution in [2.45, 2.75) is 32.6 Å². The van der Waals surface area contributed by atoms with E-state index in [1.165, 1.54) is 11.3 Å². The Hall–Kier alpha value is -2.12. The molecule has 1 fully saturated rings. The van der Waals surface area contributed by atoms with Gasteiger partial charge in [-0.25, -0.2) is 4.98 Å². The zero-order chi connectivity index (χ0) is 19.9. The molecule has 1 aliphatic heterocycles. The zero-order valence-electron chi connectivity index (χ0n) is 15.8. The number of amides is 2. The summed E-state index contributed by atoms with van der Waals surface area (Å²) in [5.74, 6) is 0.799. The average molecular weight is 422 g/mol. The third-order valence-electron chi connectivity index (χ3n) is 4.68. The van der Waals surface area contributed by atoms with Crippen LogP contribution in [0, 0.1) is 12.8 Å². The first-order chi connectivity index (χ1) is 13.5. The second-order valence-corrected chi connectivity index (χ2v) is 8.14. The number of hydrogen-bond donors (Lipinski definition) is 1. The molecule has 1 aliphatic rings. The Morgan fingerprint density at radius 2 is 2.00 bits per heavy atom. The Morgan fingerprint density at radius 1 is 1.29 bits per heavy atom. The molecule has 1 N–H and O–H groups in total. The molecule has 3 rings (SSSR count). The molecule has 1 aromatic heterocycles. The molecule has 8 heteroatoms. The van der Waals surface area contributed by atoms with Gasteiger partial charge in [0.2, 0.25) is 11.8 Å². The van der Waals surface area contributed by atoms with Crippen LogP contribution in [-0.2, 0) is 9.59 Å². The first-order valence-electron chi connectivity index (χ1n) is 9.40. The lowest BCUT2D eigenvalue weighted by Crippen LogP contribution is -2.41. The summed E-state index contributed by atoms with van der Waals surface area (Å²) in [6, 6.07) is 7.18. The molecular weight excluding hydrogens is 398 g/mol. The molecule has 1 aromatic carbocycles. The van der Waals surface area contributed by atoms with E-state index in [0.717, 1.165) is 11.4 Å². The van der Waals surface area contributed by atoms with Crippen molar-refractivity contribution in [3.05, 3.63) is 40.4 Å². The van der Waals surface area contributed by atoms with Crippen molar-refractivity contribution in [2.75, 3.05) is 25.0 Å². The number of piperidine rings is 1. The molecule has 2 heterocycles. The highest BCUT2D eigenvalue weighted by Gasteiger charge is 2.27. The van der Waals surface area contributed by atoms with Gasteiger partial charge in [0.15, 0.2) is 5.13 Å². The van der Waals surface area contributed by atoms with Crippen LogP contribution in [0.1, 0.15) is 31.4 Å². The highest BCUT2D eigenvalue weighted by Crippen LogP contribution is 2.22. The lowest BCUT2D eigenvalue weighted by Gasteiger charge is -2.31. The summed E-state index contributed by atoms with van der Waals surface area (Å²) < 4.78 is 5.62. The maximum atomic E-state index is 12.4. The first-order valence-corrected chi connectivity index (χ1v) is 10.7. The number of anilines is 1. The van der Waals surface area contributed by atoms with E-state index in [-0.39, 0.29) is 17.7 Å². The van der Waals surface area contributed by atoms with Gasteiger partial charge in [-0.3, -0.25) is 9.59 Å². The fourth-order valence-electron chi connectivity index (χ4n) is 3.11. The summed E-state index contributed by atoms with van der Waals surface area (Å²) in [5, 5.41) is 6.10. The van der Waals surface area contributed by atoms with Crippen molar-refractivity contribution in [3.8, 4) is 5.75 Å². The number of hydrogen-bond acceptors (Lipinski definition) is 5. The number of thiazole rings is 1. The quantitative estimate of drug-likeness (QED) is 0.682. The van der Waals surface area contributed by atoms with Crippen LogP contribution >= 0.6 is 22.9 Å². The van der Waals surface area contributed by atoms with Crippen LogP contribution in [0.3, 0.4) is 0 Å². The molecule has 0 unspecified atom stereocenters. The van der Waals surface area contributed by atoms with Crippen LogP contribution in [-0.4, -0.2) is 41.4 Å². The van der Waals surface area contributed by atoms with Gasteiger partial charge in [0.1, 0.15) is 5.75 Å². The van der Waals surface area contributed by atoms with E-state index in [1.807, 2.05) is 29.3 Å². The number of nitrogens with one attached hydrogen (secondary N) is 1. The Labute approximate surface area is 173 Å². The van der Waals surface area contributed by atoms with Crippen molar-refractivity contribution in [1.82, 2.24) is 9.88 Å². The number of benzene rings is 1. The van der Waals surface area contributed by atoms with Gasteiger partial charge in [-0.2, -0.15) is 0 Å². The summed E-state index contributed by atoms with van der Waals surface area (Å²) in [4.78, 5) is 30.8. The number of nitrogens with zero attached hydrogens (tertiary/aromatic N) is 2. The highest BCUT2D eigenvalue weighted by atomic mass is 35.5. The molecule has 28 heavy (non-hydrogen) atoms. The number of carbonyl (C=O) groups is 2.